The molecule has 0 spiro atoms. The van der Waals surface area contributed by atoms with Crippen molar-refractivity contribution < 1.29 is 4.39 Å². The molecular weight excluding hydrogens is 239 g/mol. The van der Waals surface area contributed by atoms with E-state index in [4.69, 9.17) is 0 Å². The van der Waals surface area contributed by atoms with Crippen LogP contribution in [-0.2, 0) is 0 Å². The third kappa shape index (κ3) is 3.25. The monoisotopic (exact) mass is 258 g/mol. The smallest absolute Gasteiger partial charge is 0.128 e. The van der Waals surface area contributed by atoms with Gasteiger partial charge in [-0.2, -0.15) is 0 Å². The molecule has 3 heteroatoms. The van der Waals surface area contributed by atoms with Crippen molar-refractivity contribution >= 4 is 11.4 Å². The number of hydrogen-bond acceptors (Lipinski definition) is 2. The molecule has 0 bridgehead atoms. The zero-order chi connectivity index (χ0) is 13.8. The van der Waals surface area contributed by atoms with Crippen LogP contribution in [-0.4, -0.2) is 14.1 Å². The minimum atomic E-state index is -0.175. The predicted molar refractivity (Wildman–Crippen MR) is 79.2 cm³/mol. The van der Waals surface area contributed by atoms with Crippen LogP contribution in [0.5, 0.6) is 0 Å². The summed E-state index contributed by atoms with van der Waals surface area (Å²) >= 11 is 0. The van der Waals surface area contributed by atoms with E-state index in [-0.39, 0.29) is 11.9 Å². The summed E-state index contributed by atoms with van der Waals surface area (Å²) in [6.07, 6.45) is 0. The Labute approximate surface area is 113 Å². The lowest BCUT2D eigenvalue weighted by Gasteiger charge is -2.19. The van der Waals surface area contributed by atoms with E-state index in [0.717, 1.165) is 11.4 Å². The van der Waals surface area contributed by atoms with E-state index >= 15 is 0 Å². The largest absolute Gasteiger partial charge is 0.378 e. The number of rotatable bonds is 4. The summed E-state index contributed by atoms with van der Waals surface area (Å²) in [6.45, 7) is 1.96. The van der Waals surface area contributed by atoms with Crippen molar-refractivity contribution in [2.45, 2.75) is 13.0 Å². The van der Waals surface area contributed by atoms with Crippen LogP contribution < -0.4 is 10.2 Å². The van der Waals surface area contributed by atoms with Crippen LogP contribution in [0.15, 0.2) is 48.5 Å². The van der Waals surface area contributed by atoms with E-state index in [9.17, 15) is 4.39 Å². The summed E-state index contributed by atoms with van der Waals surface area (Å²) in [7, 11) is 4.00. The van der Waals surface area contributed by atoms with Crippen LogP contribution in [0.4, 0.5) is 15.8 Å². The maximum atomic E-state index is 13.7. The van der Waals surface area contributed by atoms with Gasteiger partial charge in [-0.3, -0.25) is 0 Å². The molecule has 0 saturated carbocycles. The minimum Gasteiger partial charge on any atom is -0.378 e. The fourth-order valence-corrected chi connectivity index (χ4v) is 2.03. The lowest BCUT2D eigenvalue weighted by atomic mass is 10.1. The minimum absolute atomic E-state index is 0.0707. The second-order valence-electron chi connectivity index (χ2n) is 4.83. The van der Waals surface area contributed by atoms with Crippen LogP contribution in [0.25, 0.3) is 0 Å². The molecule has 0 fully saturated rings. The van der Waals surface area contributed by atoms with Crippen molar-refractivity contribution in [2.24, 2.45) is 0 Å². The molecule has 0 heterocycles. The number of nitrogens with zero attached hydrogens (tertiary/aromatic N) is 1. The van der Waals surface area contributed by atoms with E-state index in [1.807, 2.05) is 56.3 Å². The summed E-state index contributed by atoms with van der Waals surface area (Å²) in [6, 6.07) is 14.9. The van der Waals surface area contributed by atoms with Crippen LogP contribution in [0.1, 0.15) is 18.5 Å². The maximum Gasteiger partial charge on any atom is 0.128 e. The van der Waals surface area contributed by atoms with Gasteiger partial charge in [0, 0.05) is 31.0 Å². The number of anilines is 2. The molecule has 0 amide bonds. The highest BCUT2D eigenvalue weighted by Gasteiger charge is 2.10. The number of hydrogen-bond donors (Lipinski definition) is 1. The molecule has 100 valence electrons. The van der Waals surface area contributed by atoms with Gasteiger partial charge in [0.05, 0.1) is 6.04 Å². The molecular formula is C16H19FN2. The first-order valence-electron chi connectivity index (χ1n) is 6.36. The van der Waals surface area contributed by atoms with Crippen molar-refractivity contribution in [3.63, 3.8) is 0 Å². The molecule has 0 radical (unpaired) electrons. The molecule has 0 aliphatic rings. The Morgan fingerprint density at radius 2 is 1.79 bits per heavy atom. The van der Waals surface area contributed by atoms with E-state index < -0.39 is 0 Å². The maximum absolute atomic E-state index is 13.7. The van der Waals surface area contributed by atoms with Gasteiger partial charge in [0.25, 0.3) is 0 Å². The van der Waals surface area contributed by atoms with E-state index in [0.29, 0.717) is 5.56 Å². The summed E-state index contributed by atoms with van der Waals surface area (Å²) in [4.78, 5) is 2.04. The molecule has 2 aromatic rings. The van der Waals surface area contributed by atoms with Gasteiger partial charge in [-0.15, -0.1) is 0 Å². The second-order valence-corrected chi connectivity index (χ2v) is 4.83. The predicted octanol–water partition coefficient (Wildman–Crippen LogP) is 4.06. The number of halogens is 1. The van der Waals surface area contributed by atoms with Crippen molar-refractivity contribution in [2.75, 3.05) is 24.3 Å². The quantitative estimate of drug-likeness (QED) is 0.889. The van der Waals surface area contributed by atoms with Crippen molar-refractivity contribution in [3.05, 3.63) is 59.9 Å². The molecule has 1 N–H and O–H groups in total. The first kappa shape index (κ1) is 13.4. The fourth-order valence-electron chi connectivity index (χ4n) is 2.03. The van der Waals surface area contributed by atoms with Gasteiger partial charge >= 0.3 is 0 Å². The molecule has 2 aromatic carbocycles. The Kier molecular flexibility index (Phi) is 4.05. The van der Waals surface area contributed by atoms with E-state index in [1.54, 1.807) is 6.07 Å². The average Bonchev–Trinajstić information content (AvgIpc) is 2.39. The van der Waals surface area contributed by atoms with Crippen molar-refractivity contribution in [3.8, 4) is 0 Å². The first-order chi connectivity index (χ1) is 9.08. The molecule has 0 saturated heterocycles. The van der Waals surface area contributed by atoms with Gasteiger partial charge in [0.1, 0.15) is 5.82 Å². The van der Waals surface area contributed by atoms with Crippen LogP contribution >= 0.6 is 0 Å². The number of nitrogens with one attached hydrogen (secondary N) is 1. The third-order valence-corrected chi connectivity index (χ3v) is 3.12. The second kappa shape index (κ2) is 5.74. The molecule has 0 aliphatic heterocycles. The highest BCUT2D eigenvalue weighted by Crippen LogP contribution is 2.24. The summed E-state index contributed by atoms with van der Waals surface area (Å²) in [5.41, 5.74) is 2.78. The summed E-state index contributed by atoms with van der Waals surface area (Å²) < 4.78 is 13.7. The third-order valence-electron chi connectivity index (χ3n) is 3.12. The van der Waals surface area contributed by atoms with Gasteiger partial charge < -0.3 is 10.2 Å². The Balaban J connectivity index is 2.17. The lowest BCUT2D eigenvalue weighted by Crippen LogP contribution is -2.11. The van der Waals surface area contributed by atoms with Crippen molar-refractivity contribution in [1.29, 1.82) is 0 Å². The first-order valence-corrected chi connectivity index (χ1v) is 6.36. The Morgan fingerprint density at radius 1 is 1.05 bits per heavy atom. The van der Waals surface area contributed by atoms with Gasteiger partial charge in [0.15, 0.2) is 0 Å². The Hall–Kier alpha value is -2.03. The topological polar surface area (TPSA) is 15.3 Å². The number of benzene rings is 2. The van der Waals surface area contributed by atoms with Crippen LogP contribution in [0, 0.1) is 5.82 Å². The standard InChI is InChI=1S/C16H19FN2/c1-12(15-9-4-5-10-16(15)17)18-13-7-6-8-14(11-13)19(2)3/h4-12,18H,1-3H3. The van der Waals surface area contributed by atoms with Gasteiger partial charge in [-0.1, -0.05) is 24.3 Å². The van der Waals surface area contributed by atoms with E-state index in [2.05, 4.69) is 11.4 Å². The molecule has 0 aliphatic carbocycles. The SMILES string of the molecule is CC(Nc1cccc(N(C)C)c1)c1ccccc1F. The zero-order valence-electron chi connectivity index (χ0n) is 11.5. The highest BCUT2D eigenvalue weighted by atomic mass is 19.1. The highest BCUT2D eigenvalue weighted by molar-refractivity contribution is 5.58. The van der Waals surface area contributed by atoms with Gasteiger partial charge in [-0.25, -0.2) is 4.39 Å². The summed E-state index contributed by atoms with van der Waals surface area (Å²) in [5.74, 6) is -0.175. The fraction of sp³-hybridized carbons (Fsp3) is 0.250. The Bertz CT molecular complexity index is 552. The summed E-state index contributed by atoms with van der Waals surface area (Å²) in [5, 5.41) is 3.33. The van der Waals surface area contributed by atoms with Crippen molar-refractivity contribution in [1.82, 2.24) is 0 Å². The molecule has 2 nitrogen and oxygen atoms in total. The van der Waals surface area contributed by atoms with Gasteiger partial charge in [0.2, 0.25) is 0 Å². The van der Waals surface area contributed by atoms with Crippen LogP contribution in [0.2, 0.25) is 0 Å². The lowest BCUT2D eigenvalue weighted by molar-refractivity contribution is 0.600. The molecule has 19 heavy (non-hydrogen) atoms. The normalized spacial score (nSPS) is 12.0. The molecule has 1 atom stereocenters. The van der Waals surface area contributed by atoms with Gasteiger partial charge in [-0.05, 0) is 31.2 Å². The van der Waals surface area contributed by atoms with Crippen LogP contribution in [0.3, 0.4) is 0 Å². The average molecular weight is 258 g/mol. The van der Waals surface area contributed by atoms with E-state index in [1.165, 1.54) is 6.07 Å². The molecule has 0 aromatic heterocycles. The molecule has 2 rings (SSSR count). The Morgan fingerprint density at radius 3 is 2.47 bits per heavy atom. The molecule has 1 unspecified atom stereocenters. The zero-order valence-corrected chi connectivity index (χ0v) is 11.5.